The van der Waals surface area contributed by atoms with Crippen LogP contribution >= 0.6 is 23.5 Å². The van der Waals surface area contributed by atoms with Gasteiger partial charge in [-0.25, -0.2) is 0 Å². The van der Waals surface area contributed by atoms with Crippen LogP contribution in [0.2, 0.25) is 5.02 Å². The summed E-state index contributed by atoms with van der Waals surface area (Å²) in [7, 11) is 0. The summed E-state index contributed by atoms with van der Waals surface area (Å²) in [6, 6.07) is 14.1. The minimum Gasteiger partial charge on any atom is -0.506 e. The van der Waals surface area contributed by atoms with Crippen LogP contribution in [0.5, 0.6) is 5.75 Å². The van der Waals surface area contributed by atoms with Crippen LogP contribution in [-0.2, 0) is 6.54 Å². The van der Waals surface area contributed by atoms with E-state index >= 15 is 0 Å². The van der Waals surface area contributed by atoms with Crippen molar-refractivity contribution in [2.45, 2.75) is 11.4 Å². The van der Waals surface area contributed by atoms with Crippen LogP contribution in [0.3, 0.4) is 0 Å². The topological polar surface area (TPSA) is 183 Å². The number of benzene rings is 2. The second-order valence-corrected chi connectivity index (χ2v) is 8.74. The highest BCUT2D eigenvalue weighted by molar-refractivity contribution is 8.00. The molecule has 0 aliphatic carbocycles. The number of aromatic nitrogens is 5. The number of phenols is 1. The molecule has 1 amide bonds. The van der Waals surface area contributed by atoms with Crippen LogP contribution in [-0.4, -0.2) is 35.6 Å². The SMILES string of the molecule is NC(=O)c1cc(SNc2ccc(CNc3nc(N)n4nc(-c5ccco5)nc4n3)cc2)cc(Cl)c1O. The summed E-state index contributed by atoms with van der Waals surface area (Å²) in [4.78, 5) is 25.0. The largest absolute Gasteiger partial charge is 0.506 e. The van der Waals surface area contributed by atoms with Gasteiger partial charge in [-0.3, -0.25) is 4.79 Å². The van der Waals surface area contributed by atoms with Crippen LogP contribution in [0.4, 0.5) is 17.6 Å². The zero-order chi connectivity index (χ0) is 25.2. The number of halogens is 1. The molecule has 0 saturated carbocycles. The molecule has 5 aromatic rings. The summed E-state index contributed by atoms with van der Waals surface area (Å²) < 4.78 is 9.81. The lowest BCUT2D eigenvalue weighted by molar-refractivity contribution is 0.0997. The van der Waals surface area contributed by atoms with Crippen molar-refractivity contribution in [2.24, 2.45) is 5.73 Å². The van der Waals surface area contributed by atoms with E-state index in [-0.39, 0.29) is 22.3 Å². The molecule has 2 aromatic carbocycles. The van der Waals surface area contributed by atoms with Gasteiger partial charge in [0.25, 0.3) is 11.7 Å². The van der Waals surface area contributed by atoms with Gasteiger partial charge in [0.05, 0.1) is 16.8 Å². The molecular formula is C22H18ClN9O3S. The number of hydrogen-bond acceptors (Lipinski definition) is 11. The van der Waals surface area contributed by atoms with E-state index in [0.29, 0.717) is 34.8 Å². The zero-order valence-corrected chi connectivity index (χ0v) is 19.9. The molecule has 0 bridgehead atoms. The molecule has 12 nitrogen and oxygen atoms in total. The number of anilines is 3. The van der Waals surface area contributed by atoms with E-state index in [0.717, 1.165) is 11.3 Å². The maximum atomic E-state index is 11.5. The van der Waals surface area contributed by atoms with Crippen LogP contribution in [0.15, 0.2) is 64.1 Å². The Morgan fingerprint density at radius 1 is 1.17 bits per heavy atom. The third-order valence-corrected chi connectivity index (χ3v) is 6.07. The Morgan fingerprint density at radius 3 is 2.69 bits per heavy atom. The van der Waals surface area contributed by atoms with Gasteiger partial charge in [0.15, 0.2) is 5.76 Å². The number of hydrogen-bond donors (Lipinski definition) is 5. The Morgan fingerprint density at radius 2 is 1.97 bits per heavy atom. The summed E-state index contributed by atoms with van der Waals surface area (Å²) in [5.74, 6) is 0.506. The highest BCUT2D eigenvalue weighted by Gasteiger charge is 2.15. The average molecular weight is 524 g/mol. The smallest absolute Gasteiger partial charge is 0.259 e. The van der Waals surface area contributed by atoms with Crippen molar-refractivity contribution in [3.05, 3.63) is 70.9 Å². The Hall–Kier alpha value is -4.49. The summed E-state index contributed by atoms with van der Waals surface area (Å²) in [5, 5.41) is 17.3. The number of furan rings is 1. The number of amides is 1. The Kier molecular flexibility index (Phi) is 6.23. The van der Waals surface area contributed by atoms with E-state index in [9.17, 15) is 9.90 Å². The number of nitrogens with zero attached hydrogens (tertiary/aromatic N) is 5. The van der Waals surface area contributed by atoms with Gasteiger partial charge in [0.2, 0.25) is 17.7 Å². The lowest BCUT2D eigenvalue weighted by Crippen LogP contribution is -2.11. The van der Waals surface area contributed by atoms with E-state index in [1.807, 2.05) is 24.3 Å². The van der Waals surface area contributed by atoms with E-state index in [4.69, 9.17) is 27.5 Å². The first kappa shape index (κ1) is 23.3. The van der Waals surface area contributed by atoms with Gasteiger partial charge in [-0.1, -0.05) is 23.7 Å². The molecule has 0 saturated heterocycles. The maximum absolute atomic E-state index is 11.5. The first-order valence-corrected chi connectivity index (χ1v) is 11.6. The Bertz CT molecular complexity index is 1560. The molecule has 0 unspecified atom stereocenters. The van der Waals surface area contributed by atoms with E-state index < -0.39 is 5.91 Å². The standard InChI is InChI=1S/C22H18ClN9O3S/c23-15-9-13(8-14(17(15)33)18(24)34)36-31-12-5-3-11(4-6-12)10-26-21-28-20(25)32-22(29-21)27-19(30-32)16-2-1-7-35-16/h1-9,31,33H,10H2,(H2,24,34)(H3,25,26,27,28,29,30). The number of rotatable bonds is 8. The van der Waals surface area contributed by atoms with Gasteiger partial charge in [-0.15, -0.1) is 5.10 Å². The van der Waals surface area contributed by atoms with Crippen LogP contribution < -0.4 is 21.5 Å². The minimum atomic E-state index is -0.763. The molecule has 3 heterocycles. The van der Waals surface area contributed by atoms with Gasteiger partial charge < -0.3 is 31.0 Å². The van der Waals surface area contributed by atoms with Gasteiger partial charge in [0, 0.05) is 17.1 Å². The maximum Gasteiger partial charge on any atom is 0.259 e. The lowest BCUT2D eigenvalue weighted by atomic mass is 10.2. The highest BCUT2D eigenvalue weighted by Crippen LogP contribution is 2.33. The van der Waals surface area contributed by atoms with Gasteiger partial charge >= 0.3 is 0 Å². The van der Waals surface area contributed by atoms with E-state index in [1.54, 1.807) is 12.1 Å². The minimum absolute atomic E-state index is 0.0429. The van der Waals surface area contributed by atoms with Crippen molar-refractivity contribution in [3.63, 3.8) is 0 Å². The number of fused-ring (bicyclic) bond motifs is 1. The van der Waals surface area contributed by atoms with Gasteiger partial charge in [0.1, 0.15) is 5.75 Å². The van der Waals surface area contributed by atoms with Crippen molar-refractivity contribution >= 4 is 52.8 Å². The molecule has 0 spiro atoms. The summed E-state index contributed by atoms with van der Waals surface area (Å²) in [5.41, 5.74) is 13.0. The fourth-order valence-corrected chi connectivity index (χ4v) is 4.21. The fraction of sp³-hybridized carbons (Fsp3) is 0.0455. The molecule has 36 heavy (non-hydrogen) atoms. The number of primary amides is 1. The number of aromatic hydroxyl groups is 1. The third kappa shape index (κ3) is 4.82. The van der Waals surface area contributed by atoms with Crippen molar-refractivity contribution in [1.29, 1.82) is 0 Å². The second kappa shape index (κ2) is 9.64. The molecule has 7 N–H and O–H groups in total. The first-order chi connectivity index (χ1) is 17.4. The summed E-state index contributed by atoms with van der Waals surface area (Å²) >= 11 is 7.20. The zero-order valence-electron chi connectivity index (χ0n) is 18.3. The Labute approximate surface area is 212 Å². The monoisotopic (exact) mass is 523 g/mol. The summed E-state index contributed by atoms with van der Waals surface area (Å²) in [6.45, 7) is 0.442. The van der Waals surface area contributed by atoms with Crippen molar-refractivity contribution in [3.8, 4) is 17.3 Å². The molecule has 3 aromatic heterocycles. The molecule has 0 aliphatic heterocycles. The Balaban J connectivity index is 1.22. The predicted octanol–water partition coefficient (Wildman–Crippen LogP) is 3.55. The second-order valence-electron chi connectivity index (χ2n) is 7.45. The molecule has 5 rings (SSSR count). The van der Waals surface area contributed by atoms with Crippen LogP contribution in [0.1, 0.15) is 15.9 Å². The van der Waals surface area contributed by atoms with Gasteiger partial charge in [-0.2, -0.15) is 19.5 Å². The van der Waals surface area contributed by atoms with Gasteiger partial charge in [-0.05, 0) is 53.9 Å². The van der Waals surface area contributed by atoms with Crippen molar-refractivity contribution in [1.82, 2.24) is 24.6 Å². The first-order valence-electron chi connectivity index (χ1n) is 10.4. The number of carbonyl (C=O) groups is 1. The van der Waals surface area contributed by atoms with Crippen molar-refractivity contribution < 1.29 is 14.3 Å². The normalized spacial score (nSPS) is 11.0. The molecular weight excluding hydrogens is 506 g/mol. The molecule has 0 radical (unpaired) electrons. The molecule has 0 fully saturated rings. The fourth-order valence-electron chi connectivity index (χ4n) is 3.21. The number of nitrogens with two attached hydrogens (primary N) is 2. The predicted molar refractivity (Wildman–Crippen MR) is 136 cm³/mol. The van der Waals surface area contributed by atoms with E-state index in [2.05, 4.69) is 30.1 Å². The molecule has 14 heteroatoms. The highest BCUT2D eigenvalue weighted by atomic mass is 35.5. The molecule has 0 aliphatic rings. The number of nitrogen functional groups attached to an aromatic ring is 1. The summed E-state index contributed by atoms with van der Waals surface area (Å²) in [6.07, 6.45) is 1.53. The molecule has 0 atom stereocenters. The van der Waals surface area contributed by atoms with Crippen LogP contribution in [0, 0.1) is 0 Å². The third-order valence-electron chi connectivity index (χ3n) is 4.97. The van der Waals surface area contributed by atoms with E-state index in [1.165, 1.54) is 34.9 Å². The van der Waals surface area contributed by atoms with Crippen LogP contribution in [0.25, 0.3) is 17.4 Å². The lowest BCUT2D eigenvalue weighted by Gasteiger charge is -2.10. The van der Waals surface area contributed by atoms with Crippen molar-refractivity contribution in [2.75, 3.05) is 15.8 Å². The number of carbonyl (C=O) groups excluding carboxylic acids is 1. The molecule has 182 valence electrons. The average Bonchev–Trinajstić information content (AvgIpc) is 3.54. The number of nitrogens with one attached hydrogen (secondary N) is 2. The quantitative estimate of drug-likeness (QED) is 0.187.